The van der Waals surface area contributed by atoms with Crippen molar-refractivity contribution in [2.75, 3.05) is 16.9 Å². The molecule has 0 aliphatic heterocycles. The topological polar surface area (TPSA) is 101 Å². The number of anilines is 2. The van der Waals surface area contributed by atoms with Crippen molar-refractivity contribution in [2.45, 2.75) is 11.1 Å². The summed E-state index contributed by atoms with van der Waals surface area (Å²) in [6.07, 6.45) is -3.32. The van der Waals surface area contributed by atoms with Crippen LogP contribution in [0.3, 0.4) is 0 Å². The normalized spacial score (nSPS) is 11.1. The molecule has 2 amide bonds. The summed E-state index contributed by atoms with van der Waals surface area (Å²) in [7, 11) is 0. The summed E-state index contributed by atoms with van der Waals surface area (Å²) in [4.78, 5) is 35.5. The minimum Gasteiger partial charge on any atom is -0.322 e. The van der Waals surface area contributed by atoms with Gasteiger partial charge in [-0.15, -0.1) is 11.8 Å². The average molecular weight is 493 g/mol. The lowest BCUT2D eigenvalue weighted by Crippen LogP contribution is -2.18. The first-order chi connectivity index (χ1) is 16.0. The number of alkyl halides is 3. The predicted molar refractivity (Wildman–Crippen MR) is 119 cm³/mol. The van der Waals surface area contributed by atoms with Crippen LogP contribution in [-0.2, 0) is 6.18 Å². The zero-order valence-corrected chi connectivity index (χ0v) is 18.1. The zero-order chi connectivity index (χ0) is 25.0. The number of rotatable bonds is 6. The van der Waals surface area contributed by atoms with E-state index in [9.17, 15) is 37.3 Å². The lowest BCUT2D eigenvalue weighted by molar-refractivity contribution is -0.387. The summed E-state index contributed by atoms with van der Waals surface area (Å²) in [5.74, 6) is -2.80. The molecule has 34 heavy (non-hydrogen) atoms. The molecule has 3 aromatic carbocycles. The number of carbonyl (C=O) groups excluding carboxylic acids is 2. The van der Waals surface area contributed by atoms with E-state index >= 15 is 0 Å². The smallest absolute Gasteiger partial charge is 0.322 e. The van der Waals surface area contributed by atoms with E-state index in [4.69, 9.17) is 0 Å². The first-order valence-electron chi connectivity index (χ1n) is 9.42. The number of benzene rings is 3. The van der Waals surface area contributed by atoms with Crippen molar-refractivity contribution in [1.29, 1.82) is 0 Å². The van der Waals surface area contributed by atoms with E-state index in [0.29, 0.717) is 6.07 Å². The van der Waals surface area contributed by atoms with Crippen molar-refractivity contribution in [3.8, 4) is 0 Å². The minimum absolute atomic E-state index is 0.213. The fraction of sp³-hybridized carbons (Fsp3) is 0.0909. The molecule has 0 bridgehead atoms. The first-order valence-corrected chi connectivity index (χ1v) is 10.6. The number of hydrogen-bond acceptors (Lipinski definition) is 5. The molecule has 0 fully saturated rings. The van der Waals surface area contributed by atoms with Gasteiger partial charge in [0.1, 0.15) is 5.82 Å². The third-order valence-corrected chi connectivity index (χ3v) is 5.37. The number of nitro groups is 1. The third-order valence-electron chi connectivity index (χ3n) is 4.59. The maximum atomic E-state index is 13.8. The standard InChI is InChI=1S/C22H15F4N3O4S/c1-34-19-9-6-12(10-18(19)29(32)33)20(30)28-17-8-7-13(11-15(17)22(24,25)26)27-21(31)14-4-2-3-5-16(14)23/h2-11H,1H3,(H,27,31)(H,28,30). The van der Waals surface area contributed by atoms with Crippen molar-refractivity contribution < 1.29 is 32.1 Å². The summed E-state index contributed by atoms with van der Waals surface area (Å²) in [6, 6.07) is 11.1. The number of nitrogens with one attached hydrogen (secondary N) is 2. The second-order valence-corrected chi connectivity index (χ2v) is 7.64. The van der Waals surface area contributed by atoms with Gasteiger partial charge in [-0.05, 0) is 48.7 Å². The summed E-state index contributed by atoms with van der Waals surface area (Å²) in [5.41, 5.74) is -3.11. The highest BCUT2D eigenvalue weighted by atomic mass is 32.2. The zero-order valence-electron chi connectivity index (χ0n) is 17.3. The Hall–Kier alpha value is -3.93. The second kappa shape index (κ2) is 9.91. The summed E-state index contributed by atoms with van der Waals surface area (Å²) >= 11 is 1.08. The van der Waals surface area contributed by atoms with E-state index in [1.54, 1.807) is 6.26 Å². The van der Waals surface area contributed by atoms with Crippen LogP contribution in [-0.4, -0.2) is 23.0 Å². The molecule has 0 spiro atoms. The van der Waals surface area contributed by atoms with Crippen LogP contribution in [0.15, 0.2) is 65.6 Å². The number of halogens is 4. The molecular weight excluding hydrogens is 478 g/mol. The number of nitrogens with zero attached hydrogens (tertiary/aromatic N) is 1. The summed E-state index contributed by atoms with van der Waals surface area (Å²) < 4.78 is 54.7. The van der Waals surface area contributed by atoms with Crippen LogP contribution in [0.5, 0.6) is 0 Å². The van der Waals surface area contributed by atoms with Crippen molar-refractivity contribution >= 4 is 40.6 Å². The Morgan fingerprint density at radius 1 is 0.971 bits per heavy atom. The maximum Gasteiger partial charge on any atom is 0.418 e. The van der Waals surface area contributed by atoms with E-state index in [1.165, 1.54) is 30.3 Å². The molecule has 3 rings (SSSR count). The van der Waals surface area contributed by atoms with Crippen LogP contribution in [0.4, 0.5) is 34.6 Å². The molecule has 0 heterocycles. The molecular formula is C22H15F4N3O4S. The van der Waals surface area contributed by atoms with Gasteiger partial charge in [0, 0.05) is 17.3 Å². The lowest BCUT2D eigenvalue weighted by Gasteiger charge is -2.16. The Labute approximate surface area is 194 Å². The van der Waals surface area contributed by atoms with Gasteiger partial charge >= 0.3 is 6.18 Å². The van der Waals surface area contributed by atoms with Gasteiger partial charge in [-0.2, -0.15) is 13.2 Å². The average Bonchev–Trinajstić information content (AvgIpc) is 2.79. The summed E-state index contributed by atoms with van der Waals surface area (Å²) in [5, 5.41) is 15.5. The predicted octanol–water partition coefficient (Wildman–Crippen LogP) is 5.98. The molecule has 2 N–H and O–H groups in total. The third kappa shape index (κ3) is 5.52. The number of carbonyl (C=O) groups is 2. The van der Waals surface area contributed by atoms with Crippen LogP contribution in [0.1, 0.15) is 26.3 Å². The Kier molecular flexibility index (Phi) is 7.20. The van der Waals surface area contributed by atoms with Gasteiger partial charge in [0.25, 0.3) is 17.5 Å². The Bertz CT molecular complexity index is 1280. The Morgan fingerprint density at radius 3 is 2.29 bits per heavy atom. The molecule has 176 valence electrons. The number of nitro benzene ring substituents is 1. The van der Waals surface area contributed by atoms with E-state index in [2.05, 4.69) is 10.6 Å². The number of amides is 2. The molecule has 0 aliphatic rings. The van der Waals surface area contributed by atoms with Crippen LogP contribution in [0.2, 0.25) is 0 Å². The van der Waals surface area contributed by atoms with E-state index in [1.807, 2.05) is 0 Å². The molecule has 0 unspecified atom stereocenters. The van der Waals surface area contributed by atoms with Gasteiger partial charge in [0.2, 0.25) is 0 Å². The van der Waals surface area contributed by atoms with Crippen LogP contribution in [0, 0.1) is 15.9 Å². The highest BCUT2D eigenvalue weighted by Crippen LogP contribution is 2.37. The monoisotopic (exact) mass is 493 g/mol. The van der Waals surface area contributed by atoms with Gasteiger partial charge in [-0.3, -0.25) is 19.7 Å². The van der Waals surface area contributed by atoms with Gasteiger partial charge in [0.15, 0.2) is 0 Å². The largest absolute Gasteiger partial charge is 0.418 e. The van der Waals surface area contributed by atoms with Crippen LogP contribution < -0.4 is 10.6 Å². The molecule has 12 heteroatoms. The van der Waals surface area contributed by atoms with Gasteiger partial charge in [0.05, 0.1) is 26.6 Å². The minimum atomic E-state index is -4.92. The van der Waals surface area contributed by atoms with Gasteiger partial charge in [-0.25, -0.2) is 4.39 Å². The van der Waals surface area contributed by atoms with Crippen molar-refractivity contribution in [3.63, 3.8) is 0 Å². The highest BCUT2D eigenvalue weighted by Gasteiger charge is 2.34. The van der Waals surface area contributed by atoms with E-state index in [-0.39, 0.29) is 27.4 Å². The van der Waals surface area contributed by atoms with E-state index < -0.39 is 40.0 Å². The van der Waals surface area contributed by atoms with Crippen LogP contribution in [0.25, 0.3) is 0 Å². The summed E-state index contributed by atoms with van der Waals surface area (Å²) in [6.45, 7) is 0. The molecule has 3 aromatic rings. The SMILES string of the molecule is CSc1ccc(C(=O)Nc2ccc(NC(=O)c3ccccc3F)cc2C(F)(F)F)cc1[N+](=O)[O-]. The fourth-order valence-corrected chi connectivity index (χ4v) is 3.52. The number of thioether (sulfide) groups is 1. The molecule has 0 saturated heterocycles. The second-order valence-electron chi connectivity index (χ2n) is 6.79. The number of hydrogen-bond donors (Lipinski definition) is 2. The Morgan fingerprint density at radius 2 is 1.68 bits per heavy atom. The van der Waals surface area contributed by atoms with Gasteiger partial charge < -0.3 is 10.6 Å². The first kappa shape index (κ1) is 24.7. The molecule has 0 radical (unpaired) electrons. The fourth-order valence-electron chi connectivity index (χ4n) is 2.98. The Balaban J connectivity index is 1.90. The lowest BCUT2D eigenvalue weighted by atomic mass is 10.1. The van der Waals surface area contributed by atoms with Crippen molar-refractivity contribution in [3.05, 3.63) is 93.3 Å². The molecule has 0 atom stereocenters. The maximum absolute atomic E-state index is 13.8. The molecule has 7 nitrogen and oxygen atoms in total. The van der Waals surface area contributed by atoms with E-state index in [0.717, 1.165) is 36.0 Å². The van der Waals surface area contributed by atoms with Crippen molar-refractivity contribution in [1.82, 2.24) is 0 Å². The molecule has 0 saturated carbocycles. The highest BCUT2D eigenvalue weighted by molar-refractivity contribution is 7.98. The molecule has 0 aliphatic carbocycles. The van der Waals surface area contributed by atoms with Gasteiger partial charge in [-0.1, -0.05) is 12.1 Å². The molecule has 0 aromatic heterocycles. The van der Waals surface area contributed by atoms with Crippen LogP contribution >= 0.6 is 11.8 Å². The van der Waals surface area contributed by atoms with Crippen molar-refractivity contribution in [2.24, 2.45) is 0 Å². The quantitative estimate of drug-likeness (QED) is 0.190.